The molecular formula is C4Cl12O3Si. The molecule has 0 aromatic heterocycles. The molecule has 0 aliphatic rings. The molecule has 0 aliphatic heterocycles. The van der Waals surface area contributed by atoms with Crippen molar-refractivity contribution < 1.29 is 13.3 Å². The number of hydrogen-bond acceptors (Lipinski definition) is 3. The normalized spacial score (nSPS) is 15.6. The fraction of sp³-hybridized carbons (Fsp3) is 1.00. The van der Waals surface area contributed by atoms with Gasteiger partial charge in [-0.05, 0) is 0 Å². The van der Waals surface area contributed by atoms with Crippen LogP contribution in [-0.4, -0.2) is 24.2 Å². The van der Waals surface area contributed by atoms with Crippen LogP contribution < -0.4 is 0 Å². The lowest BCUT2D eigenvalue weighted by Gasteiger charge is -2.39. The minimum absolute atomic E-state index is 2.50. The van der Waals surface area contributed by atoms with E-state index in [4.69, 9.17) is 152 Å². The molecule has 0 atom stereocenters. The van der Waals surface area contributed by atoms with Gasteiger partial charge in [0.15, 0.2) is 0 Å². The molecule has 0 aliphatic carbocycles. The third-order valence-electron chi connectivity index (χ3n) is 1.10. The van der Waals surface area contributed by atoms with Gasteiger partial charge in [-0.25, -0.2) is 0 Å². The van der Waals surface area contributed by atoms with Gasteiger partial charge < -0.3 is 13.3 Å². The van der Waals surface area contributed by atoms with E-state index in [0.717, 1.165) is 0 Å². The Kier molecular flexibility index (Phi) is 9.26. The number of alkyl halides is 12. The van der Waals surface area contributed by atoms with Crippen LogP contribution in [0.15, 0.2) is 0 Å². The molecule has 0 rings (SSSR count). The lowest BCUT2D eigenvalue weighted by Crippen LogP contribution is -2.62. The Morgan fingerprint density at radius 3 is 0.750 bits per heavy atom. The molecular weight excluding hydrogens is 550 g/mol. The maximum absolute atomic E-state index is 5.66. The van der Waals surface area contributed by atoms with Gasteiger partial charge in [0.2, 0.25) is 0 Å². The number of rotatable bonds is 3. The van der Waals surface area contributed by atoms with Crippen molar-refractivity contribution in [2.75, 3.05) is 0 Å². The predicted molar refractivity (Wildman–Crippen MR) is 90.2 cm³/mol. The lowest BCUT2D eigenvalue weighted by atomic mass is 11.6. The highest BCUT2D eigenvalue weighted by molar-refractivity contribution is 6.98. The van der Waals surface area contributed by atoms with Crippen LogP contribution in [0.3, 0.4) is 0 Å². The molecule has 0 fully saturated rings. The van der Waals surface area contributed by atoms with E-state index in [0.29, 0.717) is 0 Å². The summed E-state index contributed by atoms with van der Waals surface area (Å²) in [6, 6.07) is 0. The van der Waals surface area contributed by atoms with E-state index in [1.165, 1.54) is 0 Å². The standard InChI is InChI=1S/C4Cl12O3Si/c5-1(6,7)17-20(4(14,15)16,18-2(8,9)10)19-3(11,12)13. The zero-order valence-corrected chi connectivity index (χ0v) is 18.3. The van der Waals surface area contributed by atoms with Crippen molar-refractivity contribution in [2.24, 2.45) is 0 Å². The summed E-state index contributed by atoms with van der Waals surface area (Å²) in [5.41, 5.74) is 0. The highest BCUT2D eigenvalue weighted by Gasteiger charge is 2.68. The topological polar surface area (TPSA) is 27.7 Å². The maximum atomic E-state index is 5.66. The number of hydrogen-bond donors (Lipinski definition) is 0. The highest BCUT2D eigenvalue weighted by Crippen LogP contribution is 2.50. The molecule has 0 saturated carbocycles. The van der Waals surface area contributed by atoms with Crippen LogP contribution >= 0.6 is 139 Å². The minimum Gasteiger partial charge on any atom is -0.325 e. The number of halogens is 12. The van der Waals surface area contributed by atoms with Gasteiger partial charge in [0.1, 0.15) is 0 Å². The first-order valence-corrected chi connectivity index (χ1v) is 10.0. The summed E-state index contributed by atoms with van der Waals surface area (Å²) in [4.78, 5) is 0. The van der Waals surface area contributed by atoms with E-state index in [2.05, 4.69) is 0 Å². The fourth-order valence-electron chi connectivity index (χ4n) is 0.693. The van der Waals surface area contributed by atoms with E-state index < -0.39 is 24.2 Å². The van der Waals surface area contributed by atoms with Crippen molar-refractivity contribution in [3.8, 4) is 0 Å². The van der Waals surface area contributed by atoms with Crippen molar-refractivity contribution in [3.05, 3.63) is 0 Å². The van der Waals surface area contributed by atoms with Crippen molar-refractivity contribution in [3.63, 3.8) is 0 Å². The van der Waals surface area contributed by atoms with E-state index in [-0.39, 0.29) is 0 Å². The molecule has 20 heavy (non-hydrogen) atoms. The monoisotopic (exact) mass is 544 g/mol. The van der Waals surface area contributed by atoms with Crippen LogP contribution in [0.2, 0.25) is 0 Å². The van der Waals surface area contributed by atoms with Crippen LogP contribution in [0.25, 0.3) is 0 Å². The zero-order valence-electron chi connectivity index (χ0n) is 8.26. The largest absolute Gasteiger partial charge is 0.564 e. The van der Waals surface area contributed by atoms with Crippen molar-refractivity contribution in [2.45, 2.75) is 15.4 Å². The first-order valence-electron chi connectivity index (χ1n) is 3.74. The summed E-state index contributed by atoms with van der Waals surface area (Å²) < 4.78 is 4.46. The average Bonchev–Trinajstić information content (AvgIpc) is 1.88. The fourth-order valence-corrected chi connectivity index (χ4v) is 5.86. The lowest BCUT2D eigenvalue weighted by molar-refractivity contribution is 0.0521. The Morgan fingerprint density at radius 1 is 0.450 bits per heavy atom. The predicted octanol–water partition coefficient (Wildman–Crippen LogP) is 6.87. The summed E-state index contributed by atoms with van der Waals surface area (Å²) in [7, 11) is -4.79. The second-order valence-electron chi connectivity index (χ2n) is 2.70. The van der Waals surface area contributed by atoms with Crippen LogP contribution in [-0.2, 0) is 13.3 Å². The summed E-state index contributed by atoms with van der Waals surface area (Å²) >= 11 is 65.9. The molecule has 3 nitrogen and oxygen atoms in total. The van der Waals surface area contributed by atoms with Gasteiger partial charge in [-0.15, -0.1) is 0 Å². The first-order chi connectivity index (χ1) is 8.37. The van der Waals surface area contributed by atoms with Crippen LogP contribution in [0.4, 0.5) is 0 Å². The van der Waals surface area contributed by atoms with Crippen molar-refractivity contribution >= 4 is 148 Å². The molecule has 16 heteroatoms. The van der Waals surface area contributed by atoms with E-state index in [1.807, 2.05) is 0 Å². The Labute approximate surface area is 175 Å². The van der Waals surface area contributed by atoms with Crippen LogP contribution in [0.5, 0.6) is 0 Å². The molecule has 122 valence electrons. The Morgan fingerprint density at radius 2 is 0.650 bits per heavy atom. The Hall–Kier alpha value is 3.58. The molecule has 0 heterocycles. The summed E-state index contributed by atoms with van der Waals surface area (Å²) in [6.07, 6.45) is 0. The summed E-state index contributed by atoms with van der Waals surface area (Å²) in [5, 5.41) is 0. The summed E-state index contributed by atoms with van der Waals surface area (Å²) in [6.45, 7) is 0. The molecule has 0 N–H and O–H groups in total. The highest BCUT2D eigenvalue weighted by atomic mass is 35.6. The second kappa shape index (κ2) is 7.86. The molecule has 0 bridgehead atoms. The molecule has 0 saturated heterocycles. The van der Waals surface area contributed by atoms with Gasteiger partial charge >= 0.3 is 8.80 Å². The molecule has 0 unspecified atom stereocenters. The van der Waals surface area contributed by atoms with E-state index in [9.17, 15) is 0 Å². The zero-order chi connectivity index (χ0) is 16.6. The van der Waals surface area contributed by atoms with Gasteiger partial charge in [-0.1, -0.05) is 139 Å². The Balaban J connectivity index is 5.78. The van der Waals surface area contributed by atoms with Crippen LogP contribution in [0, 0.1) is 0 Å². The Bertz CT molecular complexity index is 283. The maximum Gasteiger partial charge on any atom is 0.564 e. The molecule has 0 amide bonds. The van der Waals surface area contributed by atoms with E-state index in [1.54, 1.807) is 0 Å². The van der Waals surface area contributed by atoms with Crippen molar-refractivity contribution in [1.29, 1.82) is 0 Å². The molecule has 0 spiro atoms. The molecule has 0 radical (unpaired) electrons. The van der Waals surface area contributed by atoms with E-state index >= 15 is 0 Å². The van der Waals surface area contributed by atoms with Gasteiger partial charge in [-0.3, -0.25) is 0 Å². The molecule has 0 aromatic carbocycles. The van der Waals surface area contributed by atoms with Gasteiger partial charge in [-0.2, -0.15) is 0 Å². The summed E-state index contributed by atoms with van der Waals surface area (Å²) in [5.74, 6) is 0. The SMILES string of the molecule is ClC(Cl)(Cl)O[Si](OC(Cl)(Cl)Cl)(OC(Cl)(Cl)Cl)C(Cl)(Cl)Cl. The average molecular weight is 550 g/mol. The van der Waals surface area contributed by atoms with Gasteiger partial charge in [0.05, 0.1) is 0 Å². The third kappa shape index (κ3) is 9.77. The van der Waals surface area contributed by atoms with Crippen LogP contribution in [0.1, 0.15) is 0 Å². The smallest absolute Gasteiger partial charge is 0.325 e. The molecule has 0 aromatic rings. The quantitative estimate of drug-likeness (QED) is 0.284. The van der Waals surface area contributed by atoms with Crippen molar-refractivity contribution in [1.82, 2.24) is 0 Å². The van der Waals surface area contributed by atoms with Gasteiger partial charge in [0, 0.05) is 0 Å². The van der Waals surface area contributed by atoms with Gasteiger partial charge in [0.25, 0.3) is 15.4 Å². The second-order valence-corrected chi connectivity index (χ2v) is 14.9. The third-order valence-corrected chi connectivity index (χ3v) is 7.46. The first kappa shape index (κ1) is 23.6. The minimum atomic E-state index is -4.79.